The fraction of sp³-hybridized carbons (Fsp3) is 0.462. The maximum Gasteiger partial charge on any atom is 0.306 e. The molecule has 1 aliphatic heterocycles. The van der Waals surface area contributed by atoms with E-state index in [1.807, 2.05) is 30.3 Å². The molecule has 0 bridgehead atoms. The van der Waals surface area contributed by atoms with Crippen LogP contribution < -0.4 is 0 Å². The molecule has 0 aromatic heterocycles. The fourth-order valence-electron chi connectivity index (χ4n) is 1.77. The number of hydrogen-bond donors (Lipinski definition) is 0. The van der Waals surface area contributed by atoms with Crippen molar-refractivity contribution >= 4 is 28.6 Å². The van der Waals surface area contributed by atoms with E-state index in [2.05, 4.69) is 22.6 Å². The third kappa shape index (κ3) is 3.96. The molecule has 17 heavy (non-hydrogen) atoms. The second-order valence-electron chi connectivity index (χ2n) is 4.08. The first-order valence-electron chi connectivity index (χ1n) is 5.71. The number of ether oxygens (including phenoxy) is 2. The van der Waals surface area contributed by atoms with Crippen LogP contribution in [0, 0.1) is 0 Å². The van der Waals surface area contributed by atoms with Crippen molar-refractivity contribution in [3.05, 3.63) is 35.9 Å². The third-order valence-corrected chi connectivity index (χ3v) is 3.87. The number of carbonyl (C=O) groups is 1. The number of alkyl halides is 1. The molecule has 1 saturated heterocycles. The van der Waals surface area contributed by atoms with Crippen molar-refractivity contribution in [3.63, 3.8) is 0 Å². The maximum atomic E-state index is 11.0. The number of halogens is 1. The molecule has 0 amide bonds. The molecule has 1 aromatic rings. The minimum atomic E-state index is -0.0836. The van der Waals surface area contributed by atoms with Crippen LogP contribution in [0.4, 0.5) is 0 Å². The molecule has 0 radical (unpaired) electrons. The summed E-state index contributed by atoms with van der Waals surface area (Å²) in [6.07, 6.45) is 1.39. The molecule has 1 heterocycles. The molecule has 0 unspecified atom stereocenters. The maximum absolute atomic E-state index is 11.0. The molecule has 1 fully saturated rings. The molecule has 1 aliphatic rings. The summed E-state index contributed by atoms with van der Waals surface area (Å²) in [5, 5.41) is 0. The molecule has 3 nitrogen and oxygen atoms in total. The number of hydrogen-bond acceptors (Lipinski definition) is 3. The normalized spacial score (nSPS) is 21.2. The Morgan fingerprint density at radius 3 is 2.82 bits per heavy atom. The molecule has 0 saturated carbocycles. The Morgan fingerprint density at radius 1 is 1.41 bits per heavy atom. The number of rotatable bonds is 5. The van der Waals surface area contributed by atoms with Gasteiger partial charge in [0.15, 0.2) is 0 Å². The van der Waals surface area contributed by atoms with Crippen molar-refractivity contribution in [2.75, 3.05) is 6.61 Å². The second-order valence-corrected chi connectivity index (χ2v) is 5.68. The van der Waals surface area contributed by atoms with E-state index in [-0.39, 0.29) is 16.0 Å². The Bertz CT molecular complexity index is 366. The lowest BCUT2D eigenvalue weighted by molar-refractivity contribution is -0.141. The first-order chi connectivity index (χ1) is 8.25. The summed E-state index contributed by atoms with van der Waals surface area (Å²) in [5.41, 5.74) is 1.17. The highest BCUT2D eigenvalue weighted by Gasteiger charge is 2.29. The van der Waals surface area contributed by atoms with Crippen LogP contribution >= 0.6 is 22.6 Å². The number of esters is 1. The summed E-state index contributed by atoms with van der Waals surface area (Å²) < 4.78 is 11.1. The third-order valence-electron chi connectivity index (χ3n) is 2.71. The van der Waals surface area contributed by atoms with Crippen molar-refractivity contribution in [3.8, 4) is 0 Å². The lowest BCUT2D eigenvalue weighted by atomic mass is 10.2. The van der Waals surface area contributed by atoms with Gasteiger partial charge in [-0.25, -0.2) is 0 Å². The largest absolute Gasteiger partial charge is 0.461 e. The van der Waals surface area contributed by atoms with E-state index >= 15 is 0 Å². The summed E-state index contributed by atoms with van der Waals surface area (Å²) >= 11 is 2.29. The van der Waals surface area contributed by atoms with Gasteiger partial charge in [-0.05, 0) is 12.0 Å². The van der Waals surface area contributed by atoms with Crippen molar-refractivity contribution < 1.29 is 14.3 Å². The van der Waals surface area contributed by atoms with Crippen LogP contribution in [0.1, 0.15) is 18.4 Å². The quantitative estimate of drug-likeness (QED) is 0.467. The minimum Gasteiger partial charge on any atom is -0.461 e. The van der Waals surface area contributed by atoms with Crippen LogP contribution in [0.2, 0.25) is 0 Å². The van der Waals surface area contributed by atoms with Crippen LogP contribution in [-0.2, 0) is 20.9 Å². The van der Waals surface area contributed by atoms with Gasteiger partial charge in [-0.1, -0.05) is 52.9 Å². The fourth-order valence-corrected chi connectivity index (χ4v) is 2.53. The van der Waals surface area contributed by atoms with Gasteiger partial charge in [0.2, 0.25) is 0 Å². The van der Waals surface area contributed by atoms with Crippen molar-refractivity contribution in [2.45, 2.75) is 29.5 Å². The van der Waals surface area contributed by atoms with Crippen LogP contribution in [0.15, 0.2) is 30.3 Å². The molecule has 92 valence electrons. The molecule has 4 heteroatoms. The Kier molecular flexibility index (Phi) is 4.79. The SMILES string of the molecule is O=C1CC[C@@H]([C@H](I)COCc2ccccc2)O1. The molecular formula is C13H15IO3. The van der Waals surface area contributed by atoms with Crippen LogP contribution in [-0.4, -0.2) is 22.6 Å². The monoisotopic (exact) mass is 346 g/mol. The zero-order chi connectivity index (χ0) is 12.1. The first kappa shape index (κ1) is 12.8. The molecule has 0 N–H and O–H groups in total. The van der Waals surface area contributed by atoms with E-state index in [0.29, 0.717) is 19.6 Å². The van der Waals surface area contributed by atoms with E-state index in [1.54, 1.807) is 0 Å². The Labute approximate surface area is 115 Å². The minimum absolute atomic E-state index is 0.0267. The van der Waals surface area contributed by atoms with Gasteiger partial charge >= 0.3 is 5.97 Å². The highest BCUT2D eigenvalue weighted by atomic mass is 127. The van der Waals surface area contributed by atoms with Gasteiger partial charge in [-0.3, -0.25) is 4.79 Å². The predicted molar refractivity (Wildman–Crippen MR) is 73.0 cm³/mol. The van der Waals surface area contributed by atoms with Gasteiger partial charge in [-0.15, -0.1) is 0 Å². The van der Waals surface area contributed by atoms with Gasteiger partial charge in [0.05, 0.1) is 17.1 Å². The standard InChI is InChI=1S/C13H15IO3/c14-11(12-6-7-13(15)17-12)9-16-8-10-4-2-1-3-5-10/h1-5,11-12H,6-9H2/t11-,12+/m1/s1. The van der Waals surface area contributed by atoms with Crippen molar-refractivity contribution in [1.82, 2.24) is 0 Å². The summed E-state index contributed by atoms with van der Waals surface area (Å²) in [6, 6.07) is 10.1. The molecule has 0 aliphatic carbocycles. The molecule has 2 rings (SSSR count). The summed E-state index contributed by atoms with van der Waals surface area (Å²) in [5.74, 6) is -0.0836. The number of benzene rings is 1. The number of carbonyl (C=O) groups excluding carboxylic acids is 1. The summed E-state index contributed by atoms with van der Waals surface area (Å²) in [7, 11) is 0. The average molecular weight is 346 g/mol. The molecule has 0 spiro atoms. The van der Waals surface area contributed by atoms with E-state index in [0.717, 1.165) is 6.42 Å². The van der Waals surface area contributed by atoms with Gasteiger partial charge in [0.25, 0.3) is 0 Å². The van der Waals surface area contributed by atoms with E-state index in [1.165, 1.54) is 5.56 Å². The summed E-state index contributed by atoms with van der Waals surface area (Å²) in [6.45, 7) is 1.23. The molecule has 1 aromatic carbocycles. The Balaban J connectivity index is 1.70. The van der Waals surface area contributed by atoms with E-state index < -0.39 is 0 Å². The van der Waals surface area contributed by atoms with Gasteiger partial charge < -0.3 is 9.47 Å². The highest BCUT2D eigenvalue weighted by molar-refractivity contribution is 14.1. The van der Waals surface area contributed by atoms with E-state index in [9.17, 15) is 4.79 Å². The summed E-state index contributed by atoms with van der Waals surface area (Å²) in [4.78, 5) is 11.0. The Hall–Kier alpha value is -0.620. The lowest BCUT2D eigenvalue weighted by Crippen LogP contribution is -2.24. The van der Waals surface area contributed by atoms with Gasteiger partial charge in [-0.2, -0.15) is 0 Å². The molecular weight excluding hydrogens is 331 g/mol. The topological polar surface area (TPSA) is 35.5 Å². The van der Waals surface area contributed by atoms with Crippen LogP contribution in [0.5, 0.6) is 0 Å². The second kappa shape index (κ2) is 6.35. The van der Waals surface area contributed by atoms with Crippen LogP contribution in [0.25, 0.3) is 0 Å². The smallest absolute Gasteiger partial charge is 0.306 e. The van der Waals surface area contributed by atoms with Crippen LogP contribution in [0.3, 0.4) is 0 Å². The van der Waals surface area contributed by atoms with Gasteiger partial charge in [0.1, 0.15) is 6.10 Å². The lowest BCUT2D eigenvalue weighted by Gasteiger charge is -2.16. The Morgan fingerprint density at radius 2 is 2.18 bits per heavy atom. The van der Waals surface area contributed by atoms with Gasteiger partial charge in [0, 0.05) is 6.42 Å². The predicted octanol–water partition coefficient (Wildman–Crippen LogP) is 2.71. The zero-order valence-corrected chi connectivity index (χ0v) is 11.6. The highest BCUT2D eigenvalue weighted by Crippen LogP contribution is 2.22. The van der Waals surface area contributed by atoms with Crippen molar-refractivity contribution in [2.24, 2.45) is 0 Å². The number of cyclic esters (lactones) is 1. The average Bonchev–Trinajstić information content (AvgIpc) is 2.77. The zero-order valence-electron chi connectivity index (χ0n) is 9.47. The first-order valence-corrected chi connectivity index (χ1v) is 6.95. The van der Waals surface area contributed by atoms with Crippen molar-refractivity contribution in [1.29, 1.82) is 0 Å². The molecule has 2 atom stereocenters. The van der Waals surface area contributed by atoms with E-state index in [4.69, 9.17) is 9.47 Å².